The molecule has 0 fully saturated rings. The molecule has 0 radical (unpaired) electrons. The quantitative estimate of drug-likeness (QED) is 0.711. The molecule has 0 atom stereocenters. The van der Waals surface area contributed by atoms with Crippen molar-refractivity contribution in [2.75, 3.05) is 13.1 Å². The Balaban J connectivity index is 1.85. The molecule has 2 rings (SSSR count). The minimum Gasteiger partial charge on any atom is -0.343 e. The van der Waals surface area contributed by atoms with Crippen molar-refractivity contribution in [1.82, 2.24) is 9.96 Å². The largest absolute Gasteiger partial charge is 0.343 e. The molecule has 1 aliphatic heterocycles. The van der Waals surface area contributed by atoms with Gasteiger partial charge in [-0.15, -0.1) is 0 Å². The summed E-state index contributed by atoms with van der Waals surface area (Å²) in [6, 6.07) is 6.28. The van der Waals surface area contributed by atoms with E-state index in [1.165, 1.54) is 12.1 Å². The highest BCUT2D eigenvalue weighted by molar-refractivity contribution is 6.20. The second-order valence-electron chi connectivity index (χ2n) is 5.33. The lowest BCUT2D eigenvalue weighted by Crippen LogP contribution is -2.33. The van der Waals surface area contributed by atoms with Crippen LogP contribution in [0.3, 0.4) is 0 Å². The molecule has 128 valence electrons. The molecule has 7 heteroatoms. The fourth-order valence-electron chi connectivity index (χ4n) is 2.52. The third-order valence-electron chi connectivity index (χ3n) is 3.84. The summed E-state index contributed by atoms with van der Waals surface area (Å²) in [5.41, 5.74) is 0.430. The number of imide groups is 1. The van der Waals surface area contributed by atoms with Gasteiger partial charge in [0.05, 0.1) is 11.1 Å². The maximum absolute atomic E-state index is 12.1. The fraction of sp³-hybridized carbons (Fsp3) is 0.412. The minimum atomic E-state index is -0.711. The van der Waals surface area contributed by atoms with E-state index in [1.807, 2.05) is 13.8 Å². The van der Waals surface area contributed by atoms with E-state index in [4.69, 9.17) is 4.84 Å². The summed E-state index contributed by atoms with van der Waals surface area (Å²) in [6.07, 6.45) is 0.483. The van der Waals surface area contributed by atoms with Gasteiger partial charge in [-0.2, -0.15) is 0 Å². The Morgan fingerprint density at radius 3 is 2.04 bits per heavy atom. The van der Waals surface area contributed by atoms with Crippen molar-refractivity contribution < 1.29 is 24.0 Å². The van der Waals surface area contributed by atoms with Crippen molar-refractivity contribution in [2.45, 2.75) is 33.1 Å². The lowest BCUT2D eigenvalue weighted by atomic mass is 10.1. The van der Waals surface area contributed by atoms with Gasteiger partial charge in [0.15, 0.2) is 0 Å². The first-order chi connectivity index (χ1) is 11.5. The molecule has 0 bridgehead atoms. The number of nitrogens with zero attached hydrogens (tertiary/aromatic N) is 2. The Morgan fingerprint density at radius 1 is 1.00 bits per heavy atom. The Bertz CT molecular complexity index is 632. The predicted octanol–water partition coefficient (Wildman–Crippen LogP) is 1.78. The number of hydroxylamine groups is 2. The average molecular weight is 332 g/mol. The van der Waals surface area contributed by atoms with E-state index < -0.39 is 17.8 Å². The van der Waals surface area contributed by atoms with Gasteiger partial charge in [0.2, 0.25) is 5.91 Å². The molecule has 1 aliphatic rings. The molecule has 7 nitrogen and oxygen atoms in total. The number of benzene rings is 1. The van der Waals surface area contributed by atoms with Crippen LogP contribution in [-0.2, 0) is 14.4 Å². The molecule has 3 amide bonds. The first-order valence-electron chi connectivity index (χ1n) is 7.96. The van der Waals surface area contributed by atoms with Crippen LogP contribution in [-0.4, -0.2) is 46.7 Å². The molecule has 0 N–H and O–H groups in total. The van der Waals surface area contributed by atoms with Crippen LogP contribution in [0.1, 0.15) is 53.8 Å². The van der Waals surface area contributed by atoms with E-state index in [0.29, 0.717) is 24.6 Å². The molecule has 0 aliphatic carbocycles. The summed E-state index contributed by atoms with van der Waals surface area (Å²) in [6.45, 7) is 5.01. The Hall–Kier alpha value is -2.70. The molecule has 0 aromatic heterocycles. The van der Waals surface area contributed by atoms with E-state index in [-0.39, 0.29) is 29.9 Å². The monoisotopic (exact) mass is 332 g/mol. The predicted molar refractivity (Wildman–Crippen MR) is 84.8 cm³/mol. The summed E-state index contributed by atoms with van der Waals surface area (Å²) in [5.74, 6) is -2.04. The lowest BCUT2D eigenvalue weighted by Gasteiger charge is -2.18. The Morgan fingerprint density at radius 2 is 1.54 bits per heavy atom. The lowest BCUT2D eigenvalue weighted by molar-refractivity contribution is -0.168. The van der Waals surface area contributed by atoms with E-state index in [9.17, 15) is 19.2 Å². The zero-order valence-corrected chi connectivity index (χ0v) is 13.8. The van der Waals surface area contributed by atoms with Gasteiger partial charge in [0.1, 0.15) is 0 Å². The average Bonchev–Trinajstić information content (AvgIpc) is 2.81. The van der Waals surface area contributed by atoms with E-state index in [1.54, 1.807) is 17.0 Å². The van der Waals surface area contributed by atoms with Crippen molar-refractivity contribution in [2.24, 2.45) is 0 Å². The van der Waals surface area contributed by atoms with E-state index in [0.717, 1.165) is 0 Å². The molecule has 24 heavy (non-hydrogen) atoms. The molecule has 1 aromatic rings. The second kappa shape index (κ2) is 7.72. The fourth-order valence-corrected chi connectivity index (χ4v) is 2.52. The summed E-state index contributed by atoms with van der Waals surface area (Å²) in [7, 11) is 0. The number of hydrogen-bond acceptors (Lipinski definition) is 5. The third-order valence-corrected chi connectivity index (χ3v) is 3.84. The van der Waals surface area contributed by atoms with Gasteiger partial charge in [-0.1, -0.05) is 17.2 Å². The smallest absolute Gasteiger partial charge is 0.333 e. The van der Waals surface area contributed by atoms with Crippen LogP contribution in [0, 0.1) is 0 Å². The first kappa shape index (κ1) is 17.7. The molecular weight excluding hydrogens is 312 g/mol. The number of amides is 3. The minimum absolute atomic E-state index is 0.0338. The number of carbonyl (C=O) groups is 4. The van der Waals surface area contributed by atoms with Crippen LogP contribution in [0.4, 0.5) is 0 Å². The summed E-state index contributed by atoms with van der Waals surface area (Å²) < 4.78 is 0. The van der Waals surface area contributed by atoms with Crippen LogP contribution in [0.25, 0.3) is 0 Å². The number of rotatable bonds is 7. The van der Waals surface area contributed by atoms with Gasteiger partial charge in [0, 0.05) is 25.9 Å². The molecule has 0 saturated carbocycles. The maximum atomic E-state index is 12.1. The zero-order chi connectivity index (χ0) is 17.7. The highest BCUT2D eigenvalue weighted by Crippen LogP contribution is 2.22. The number of carbonyl (C=O) groups excluding carboxylic acids is 4. The van der Waals surface area contributed by atoms with Crippen molar-refractivity contribution >= 4 is 23.7 Å². The van der Waals surface area contributed by atoms with Gasteiger partial charge in [-0.3, -0.25) is 14.4 Å². The van der Waals surface area contributed by atoms with Crippen LogP contribution < -0.4 is 0 Å². The van der Waals surface area contributed by atoms with E-state index >= 15 is 0 Å². The van der Waals surface area contributed by atoms with E-state index in [2.05, 4.69) is 0 Å². The maximum Gasteiger partial charge on any atom is 0.333 e. The van der Waals surface area contributed by atoms with Gasteiger partial charge >= 0.3 is 5.97 Å². The first-order valence-corrected chi connectivity index (χ1v) is 7.96. The van der Waals surface area contributed by atoms with Gasteiger partial charge in [-0.25, -0.2) is 4.79 Å². The molecule has 0 saturated heterocycles. The van der Waals surface area contributed by atoms with Gasteiger partial charge in [0.25, 0.3) is 11.8 Å². The summed E-state index contributed by atoms with van der Waals surface area (Å²) in [5, 5.41) is 0.485. The Kier molecular flexibility index (Phi) is 5.68. The van der Waals surface area contributed by atoms with Crippen molar-refractivity contribution in [3.63, 3.8) is 0 Å². The van der Waals surface area contributed by atoms with Crippen LogP contribution in [0.2, 0.25) is 0 Å². The van der Waals surface area contributed by atoms with Gasteiger partial charge in [-0.05, 0) is 32.4 Å². The Labute approximate surface area is 140 Å². The summed E-state index contributed by atoms with van der Waals surface area (Å²) >= 11 is 0. The van der Waals surface area contributed by atoms with Crippen molar-refractivity contribution in [3.8, 4) is 0 Å². The van der Waals surface area contributed by atoms with Crippen LogP contribution in [0.5, 0.6) is 0 Å². The topological polar surface area (TPSA) is 84.0 Å². The van der Waals surface area contributed by atoms with Crippen molar-refractivity contribution in [3.05, 3.63) is 35.4 Å². The molecule has 0 unspecified atom stereocenters. The van der Waals surface area contributed by atoms with Gasteiger partial charge < -0.3 is 9.74 Å². The van der Waals surface area contributed by atoms with Crippen LogP contribution >= 0.6 is 0 Å². The normalized spacial score (nSPS) is 13.0. The number of hydrogen-bond donors (Lipinski definition) is 0. The molecule has 1 aromatic carbocycles. The second-order valence-corrected chi connectivity index (χ2v) is 5.33. The molecule has 1 heterocycles. The molecular formula is C17H20N2O5. The SMILES string of the molecule is CCN(CC)C(=O)CCCC(=O)ON1C(=O)c2ccccc2C1=O. The molecule has 0 spiro atoms. The standard InChI is InChI=1S/C17H20N2O5/c1-3-18(4-2)14(20)10-7-11-15(21)24-19-16(22)12-8-5-6-9-13(12)17(19)23/h5-6,8-9H,3-4,7,10-11H2,1-2H3. The highest BCUT2D eigenvalue weighted by Gasteiger charge is 2.38. The van der Waals surface area contributed by atoms with Crippen molar-refractivity contribution in [1.29, 1.82) is 0 Å². The summed E-state index contributed by atoms with van der Waals surface area (Å²) in [4.78, 5) is 54.4. The zero-order valence-electron chi connectivity index (χ0n) is 13.8. The third kappa shape index (κ3) is 3.61. The highest BCUT2D eigenvalue weighted by atomic mass is 16.7. The van der Waals surface area contributed by atoms with Crippen LogP contribution in [0.15, 0.2) is 24.3 Å². The number of fused-ring (bicyclic) bond motifs is 1.